The van der Waals surface area contributed by atoms with Crippen molar-refractivity contribution in [3.05, 3.63) is 11.0 Å². The van der Waals surface area contributed by atoms with Gasteiger partial charge in [-0.3, -0.25) is 4.79 Å². The first-order valence-corrected chi connectivity index (χ1v) is 5.25. The molecule has 2 rings (SSSR count). The Morgan fingerprint density at radius 1 is 1.75 bits per heavy atom. The van der Waals surface area contributed by atoms with Crippen LogP contribution in [0.15, 0.2) is 11.0 Å². The number of amides is 1. The number of carbonyl (C=O) groups is 1. The van der Waals surface area contributed by atoms with E-state index in [1.54, 1.807) is 29.8 Å². The third kappa shape index (κ3) is 1.10. The predicted octanol–water partition coefficient (Wildman–Crippen LogP) is 1.42. The summed E-state index contributed by atoms with van der Waals surface area (Å²) in [5.41, 5.74) is 0. The molecule has 1 atom stereocenters. The Balaban J connectivity index is 2.38. The molecule has 0 saturated carbocycles. The van der Waals surface area contributed by atoms with Gasteiger partial charge in [0.15, 0.2) is 0 Å². The van der Waals surface area contributed by atoms with E-state index in [0.29, 0.717) is 5.92 Å². The average molecular weight is 199 g/mol. The number of likely N-dealkylation sites (N-methyl/N-ethyl adjacent to an activating group) is 1. The molecule has 1 unspecified atom stereocenters. The van der Waals surface area contributed by atoms with E-state index in [0.717, 1.165) is 17.2 Å². The average Bonchev–Trinajstić information content (AvgIpc) is 2.48. The number of nitrogens with zero attached hydrogens (tertiary/aromatic N) is 1. The summed E-state index contributed by atoms with van der Waals surface area (Å²) in [6.45, 7) is 0. The zero-order valence-corrected chi connectivity index (χ0v) is 8.37. The van der Waals surface area contributed by atoms with Crippen LogP contribution in [-0.4, -0.2) is 28.6 Å². The summed E-state index contributed by atoms with van der Waals surface area (Å²) in [6.07, 6.45) is 2.81. The van der Waals surface area contributed by atoms with Gasteiger partial charge in [-0.15, -0.1) is 11.8 Å². The lowest BCUT2D eigenvalue weighted by atomic mass is 10.0. The first kappa shape index (κ1) is 8.26. The minimum absolute atomic E-state index is 0.0284. The number of thiocarbonyl (C=S) groups is 1. The van der Waals surface area contributed by atoms with Crippen molar-refractivity contribution in [2.75, 3.05) is 12.8 Å². The maximum atomic E-state index is 11.3. The van der Waals surface area contributed by atoms with Gasteiger partial charge < -0.3 is 4.90 Å². The second kappa shape index (κ2) is 2.85. The van der Waals surface area contributed by atoms with Crippen LogP contribution in [0.3, 0.4) is 0 Å². The lowest BCUT2D eigenvalue weighted by Crippen LogP contribution is -2.38. The summed E-state index contributed by atoms with van der Waals surface area (Å²) < 4.78 is 0. The number of hydrogen-bond donors (Lipinski definition) is 0. The molecule has 1 saturated heterocycles. The van der Waals surface area contributed by atoms with Gasteiger partial charge >= 0.3 is 0 Å². The van der Waals surface area contributed by atoms with E-state index in [2.05, 4.69) is 0 Å². The van der Waals surface area contributed by atoms with E-state index in [9.17, 15) is 4.79 Å². The van der Waals surface area contributed by atoms with Crippen molar-refractivity contribution >= 4 is 34.9 Å². The van der Waals surface area contributed by atoms with Crippen LogP contribution in [-0.2, 0) is 4.79 Å². The Labute approximate surface area is 81.0 Å². The highest BCUT2D eigenvalue weighted by Gasteiger charge is 2.33. The van der Waals surface area contributed by atoms with E-state index >= 15 is 0 Å². The Kier molecular flexibility index (Phi) is 1.96. The molecule has 0 radical (unpaired) electrons. The second-order valence-corrected chi connectivity index (χ2v) is 4.56. The molecule has 0 aromatic heterocycles. The van der Waals surface area contributed by atoms with E-state index in [-0.39, 0.29) is 5.91 Å². The predicted molar refractivity (Wildman–Crippen MR) is 54.0 cm³/mol. The van der Waals surface area contributed by atoms with E-state index in [1.165, 1.54) is 4.91 Å². The normalized spacial score (nSPS) is 28.9. The van der Waals surface area contributed by atoms with Crippen molar-refractivity contribution in [3.8, 4) is 0 Å². The maximum absolute atomic E-state index is 11.3. The van der Waals surface area contributed by atoms with Gasteiger partial charge in [0.1, 0.15) is 0 Å². The molecular formula is C8H9NOS2. The zero-order valence-electron chi connectivity index (χ0n) is 6.74. The maximum Gasteiger partial charge on any atom is 0.251 e. The minimum Gasteiger partial charge on any atom is -0.306 e. The van der Waals surface area contributed by atoms with Crippen LogP contribution in [0.2, 0.25) is 0 Å². The Bertz CT molecular complexity index is 285. The fourth-order valence-corrected chi connectivity index (χ4v) is 3.10. The summed E-state index contributed by atoms with van der Waals surface area (Å²) >= 11 is 6.96. The molecule has 2 heterocycles. The van der Waals surface area contributed by atoms with Crippen LogP contribution in [0, 0.1) is 5.92 Å². The number of hydrogen-bond acceptors (Lipinski definition) is 3. The molecule has 0 aromatic carbocycles. The van der Waals surface area contributed by atoms with Gasteiger partial charge in [0.25, 0.3) is 5.91 Å². The summed E-state index contributed by atoms with van der Waals surface area (Å²) in [6, 6.07) is 0. The van der Waals surface area contributed by atoms with Gasteiger partial charge in [0.05, 0.1) is 4.99 Å². The fourth-order valence-electron chi connectivity index (χ4n) is 1.49. The van der Waals surface area contributed by atoms with Gasteiger partial charge in [-0.25, -0.2) is 0 Å². The van der Waals surface area contributed by atoms with Crippen molar-refractivity contribution in [1.29, 1.82) is 0 Å². The highest BCUT2D eigenvalue weighted by atomic mass is 32.2. The molecule has 0 aliphatic carbocycles. The smallest absolute Gasteiger partial charge is 0.251 e. The molecule has 2 aliphatic rings. The molecule has 0 bridgehead atoms. The third-order valence-electron chi connectivity index (χ3n) is 2.24. The van der Waals surface area contributed by atoms with Gasteiger partial charge in [-0.1, -0.05) is 12.2 Å². The van der Waals surface area contributed by atoms with Crippen LogP contribution in [0.4, 0.5) is 0 Å². The summed E-state index contributed by atoms with van der Waals surface area (Å²) in [4.78, 5) is 14.8. The topological polar surface area (TPSA) is 20.3 Å². The van der Waals surface area contributed by atoms with Crippen molar-refractivity contribution < 1.29 is 4.79 Å². The lowest BCUT2D eigenvalue weighted by molar-refractivity contribution is -0.121. The van der Waals surface area contributed by atoms with Gasteiger partial charge in [-0.05, 0) is 12.2 Å². The number of rotatable bonds is 0. The quantitative estimate of drug-likeness (QED) is 0.550. The van der Waals surface area contributed by atoms with E-state index < -0.39 is 0 Å². The first-order chi connectivity index (χ1) is 5.70. The SMILES string of the molecule is CN1C(=O)C=C2SCCC2C1=S. The molecule has 0 aromatic rings. The zero-order chi connectivity index (χ0) is 8.72. The van der Waals surface area contributed by atoms with Crippen LogP contribution in [0.5, 0.6) is 0 Å². The highest BCUT2D eigenvalue weighted by Crippen LogP contribution is 2.39. The standard InChI is InChI=1S/C8H9NOS2/c1-9-7(10)4-6-5(8(9)11)2-3-12-6/h4-5H,2-3H2,1H3. The fraction of sp³-hybridized carbons (Fsp3) is 0.500. The largest absolute Gasteiger partial charge is 0.306 e. The molecular weight excluding hydrogens is 190 g/mol. The molecule has 2 nitrogen and oxygen atoms in total. The third-order valence-corrected chi connectivity index (χ3v) is 3.98. The molecule has 0 spiro atoms. The highest BCUT2D eigenvalue weighted by molar-refractivity contribution is 8.03. The molecule has 1 fully saturated rings. The molecule has 1 amide bonds. The summed E-state index contributed by atoms with van der Waals surface area (Å²) in [7, 11) is 1.75. The Hall–Kier alpha value is -0.350. The summed E-state index contributed by atoms with van der Waals surface area (Å²) in [5, 5.41) is 0. The molecule has 2 aliphatic heterocycles. The monoisotopic (exact) mass is 199 g/mol. The van der Waals surface area contributed by atoms with Crippen molar-refractivity contribution in [3.63, 3.8) is 0 Å². The van der Waals surface area contributed by atoms with Crippen LogP contribution in [0.1, 0.15) is 6.42 Å². The number of fused-ring (bicyclic) bond motifs is 1. The second-order valence-electron chi connectivity index (χ2n) is 2.97. The first-order valence-electron chi connectivity index (χ1n) is 3.86. The van der Waals surface area contributed by atoms with Crippen molar-refractivity contribution in [2.24, 2.45) is 5.92 Å². The van der Waals surface area contributed by atoms with E-state index in [4.69, 9.17) is 12.2 Å². The molecule has 12 heavy (non-hydrogen) atoms. The number of carbonyl (C=O) groups excluding carboxylic acids is 1. The summed E-state index contributed by atoms with van der Waals surface area (Å²) in [5.74, 6) is 1.48. The molecule has 0 N–H and O–H groups in total. The lowest BCUT2D eigenvalue weighted by Gasteiger charge is -2.26. The number of thioether (sulfide) groups is 1. The minimum atomic E-state index is 0.0284. The molecule has 4 heteroatoms. The van der Waals surface area contributed by atoms with Crippen LogP contribution < -0.4 is 0 Å². The Morgan fingerprint density at radius 3 is 3.25 bits per heavy atom. The molecule has 64 valence electrons. The Morgan fingerprint density at radius 2 is 2.50 bits per heavy atom. The van der Waals surface area contributed by atoms with E-state index in [1.807, 2.05) is 0 Å². The van der Waals surface area contributed by atoms with Crippen molar-refractivity contribution in [1.82, 2.24) is 4.90 Å². The van der Waals surface area contributed by atoms with Crippen LogP contribution in [0.25, 0.3) is 0 Å². The van der Waals surface area contributed by atoms with Crippen LogP contribution >= 0.6 is 24.0 Å². The van der Waals surface area contributed by atoms with Gasteiger partial charge in [0, 0.05) is 23.9 Å². The van der Waals surface area contributed by atoms with Gasteiger partial charge in [-0.2, -0.15) is 0 Å². The van der Waals surface area contributed by atoms with Gasteiger partial charge in [0.2, 0.25) is 0 Å². The van der Waals surface area contributed by atoms with Crippen molar-refractivity contribution in [2.45, 2.75) is 6.42 Å².